The first-order chi connectivity index (χ1) is 10.2. The summed E-state index contributed by atoms with van der Waals surface area (Å²) in [6.07, 6.45) is 1.78. The Balaban J connectivity index is 1.78. The zero-order valence-corrected chi connectivity index (χ0v) is 12.4. The van der Waals surface area contributed by atoms with Gasteiger partial charge in [-0.3, -0.25) is 0 Å². The van der Waals surface area contributed by atoms with Crippen molar-refractivity contribution in [3.05, 3.63) is 48.3 Å². The standard InChI is InChI=1S/C16H20N4O/c1-19(2)16-17-9-8-14(18-16)15-12-20(10-11-21-15)13-6-4-3-5-7-13/h3-9,15H,10-12H2,1-2H3/t15-/m1/s1. The molecule has 0 aliphatic carbocycles. The van der Waals surface area contributed by atoms with Crippen LogP contribution in [-0.4, -0.2) is 43.8 Å². The number of hydrogen-bond donors (Lipinski definition) is 0. The van der Waals surface area contributed by atoms with Gasteiger partial charge in [0.15, 0.2) is 0 Å². The lowest BCUT2D eigenvalue weighted by Gasteiger charge is -2.34. The summed E-state index contributed by atoms with van der Waals surface area (Å²) < 4.78 is 5.90. The number of morpholine rings is 1. The predicted molar refractivity (Wildman–Crippen MR) is 83.7 cm³/mol. The van der Waals surface area contributed by atoms with E-state index in [2.05, 4.69) is 39.1 Å². The molecule has 5 nitrogen and oxygen atoms in total. The lowest BCUT2D eigenvalue weighted by Crippen LogP contribution is -2.38. The highest BCUT2D eigenvalue weighted by molar-refractivity contribution is 5.46. The second-order valence-electron chi connectivity index (χ2n) is 5.32. The van der Waals surface area contributed by atoms with Gasteiger partial charge < -0.3 is 14.5 Å². The van der Waals surface area contributed by atoms with Gasteiger partial charge in [0.1, 0.15) is 6.10 Å². The Morgan fingerprint density at radius 2 is 2.00 bits per heavy atom. The molecular formula is C16H20N4O. The average Bonchev–Trinajstić information content (AvgIpc) is 2.56. The maximum Gasteiger partial charge on any atom is 0.225 e. The van der Waals surface area contributed by atoms with Crippen LogP contribution in [0.3, 0.4) is 0 Å². The van der Waals surface area contributed by atoms with Crippen LogP contribution < -0.4 is 9.80 Å². The molecule has 1 fully saturated rings. The van der Waals surface area contributed by atoms with Gasteiger partial charge in [0.05, 0.1) is 12.3 Å². The third-order valence-corrected chi connectivity index (χ3v) is 3.58. The number of para-hydroxylation sites is 1. The molecule has 0 spiro atoms. The van der Waals surface area contributed by atoms with E-state index in [1.54, 1.807) is 6.20 Å². The summed E-state index contributed by atoms with van der Waals surface area (Å²) in [7, 11) is 3.88. The Kier molecular flexibility index (Phi) is 4.01. The van der Waals surface area contributed by atoms with Crippen LogP contribution in [0.15, 0.2) is 42.6 Å². The molecule has 1 atom stereocenters. The first-order valence-electron chi connectivity index (χ1n) is 7.16. The summed E-state index contributed by atoms with van der Waals surface area (Å²) in [6.45, 7) is 2.43. The van der Waals surface area contributed by atoms with Crippen LogP contribution in [0.5, 0.6) is 0 Å². The molecule has 0 amide bonds. The molecule has 21 heavy (non-hydrogen) atoms. The lowest BCUT2D eigenvalue weighted by molar-refractivity contribution is 0.0370. The smallest absolute Gasteiger partial charge is 0.225 e. The average molecular weight is 284 g/mol. The Bertz CT molecular complexity index is 588. The third-order valence-electron chi connectivity index (χ3n) is 3.58. The topological polar surface area (TPSA) is 41.5 Å². The summed E-state index contributed by atoms with van der Waals surface area (Å²) in [5, 5.41) is 0. The summed E-state index contributed by atoms with van der Waals surface area (Å²) in [5.41, 5.74) is 2.17. The Morgan fingerprint density at radius 3 is 2.76 bits per heavy atom. The molecule has 2 heterocycles. The van der Waals surface area contributed by atoms with Crippen molar-refractivity contribution < 1.29 is 4.74 Å². The van der Waals surface area contributed by atoms with Crippen molar-refractivity contribution in [3.8, 4) is 0 Å². The Labute approximate surface area is 125 Å². The van der Waals surface area contributed by atoms with Gasteiger partial charge in [-0.15, -0.1) is 0 Å². The van der Waals surface area contributed by atoms with Crippen molar-refractivity contribution in [3.63, 3.8) is 0 Å². The molecular weight excluding hydrogens is 264 g/mol. The molecule has 2 aromatic rings. The summed E-state index contributed by atoms with van der Waals surface area (Å²) >= 11 is 0. The van der Waals surface area contributed by atoms with Crippen molar-refractivity contribution in [2.45, 2.75) is 6.10 Å². The summed E-state index contributed by atoms with van der Waals surface area (Å²) in [4.78, 5) is 13.1. The third kappa shape index (κ3) is 3.13. The molecule has 1 saturated heterocycles. The van der Waals surface area contributed by atoms with E-state index in [1.807, 2.05) is 31.1 Å². The highest BCUT2D eigenvalue weighted by Crippen LogP contribution is 2.25. The van der Waals surface area contributed by atoms with Gasteiger partial charge in [-0.1, -0.05) is 18.2 Å². The van der Waals surface area contributed by atoms with Crippen LogP contribution >= 0.6 is 0 Å². The van der Waals surface area contributed by atoms with Crippen LogP contribution in [0.25, 0.3) is 0 Å². The Hall–Kier alpha value is -2.14. The highest BCUT2D eigenvalue weighted by Gasteiger charge is 2.23. The van der Waals surface area contributed by atoms with Crippen molar-refractivity contribution in [2.24, 2.45) is 0 Å². The minimum Gasteiger partial charge on any atom is -0.368 e. The van der Waals surface area contributed by atoms with Crippen LogP contribution in [0, 0.1) is 0 Å². The fourth-order valence-electron chi connectivity index (χ4n) is 2.46. The van der Waals surface area contributed by atoms with Crippen LogP contribution in [0.2, 0.25) is 0 Å². The second kappa shape index (κ2) is 6.10. The van der Waals surface area contributed by atoms with Gasteiger partial charge in [-0.2, -0.15) is 0 Å². The summed E-state index contributed by atoms with van der Waals surface area (Å²) in [6, 6.07) is 12.4. The normalized spacial score (nSPS) is 18.6. The molecule has 1 aromatic carbocycles. The predicted octanol–water partition coefficient (Wildman–Crippen LogP) is 2.12. The molecule has 110 valence electrons. The van der Waals surface area contributed by atoms with Crippen molar-refractivity contribution in [2.75, 3.05) is 43.6 Å². The zero-order valence-electron chi connectivity index (χ0n) is 12.4. The maximum absolute atomic E-state index is 5.90. The molecule has 1 aliphatic heterocycles. The van der Waals surface area contributed by atoms with Crippen molar-refractivity contribution in [1.82, 2.24) is 9.97 Å². The SMILES string of the molecule is CN(C)c1nccc([C@H]2CN(c3ccccc3)CCO2)n1. The molecule has 0 saturated carbocycles. The maximum atomic E-state index is 5.90. The zero-order chi connectivity index (χ0) is 14.7. The monoisotopic (exact) mass is 284 g/mol. The number of benzene rings is 1. The number of hydrogen-bond acceptors (Lipinski definition) is 5. The van der Waals surface area contributed by atoms with Gasteiger partial charge in [0.25, 0.3) is 0 Å². The van der Waals surface area contributed by atoms with Gasteiger partial charge in [0.2, 0.25) is 5.95 Å². The fraction of sp³-hybridized carbons (Fsp3) is 0.375. The van der Waals surface area contributed by atoms with E-state index in [4.69, 9.17) is 4.74 Å². The minimum absolute atomic E-state index is 0.0133. The van der Waals surface area contributed by atoms with E-state index in [0.29, 0.717) is 12.6 Å². The van der Waals surface area contributed by atoms with E-state index >= 15 is 0 Å². The number of ether oxygens (including phenoxy) is 1. The number of anilines is 2. The minimum atomic E-state index is -0.0133. The fourth-order valence-corrected chi connectivity index (χ4v) is 2.46. The van der Waals surface area contributed by atoms with Crippen LogP contribution in [0.1, 0.15) is 11.8 Å². The van der Waals surface area contributed by atoms with E-state index in [0.717, 1.165) is 18.8 Å². The number of nitrogens with zero attached hydrogens (tertiary/aromatic N) is 4. The van der Waals surface area contributed by atoms with E-state index in [9.17, 15) is 0 Å². The van der Waals surface area contributed by atoms with Crippen molar-refractivity contribution >= 4 is 11.6 Å². The first kappa shape index (κ1) is 13.8. The molecule has 0 radical (unpaired) electrons. The van der Waals surface area contributed by atoms with E-state index in [1.165, 1.54) is 5.69 Å². The molecule has 1 aliphatic rings. The largest absolute Gasteiger partial charge is 0.368 e. The highest BCUT2D eigenvalue weighted by atomic mass is 16.5. The van der Waals surface area contributed by atoms with Gasteiger partial charge in [-0.25, -0.2) is 9.97 Å². The molecule has 1 aromatic heterocycles. The quantitative estimate of drug-likeness (QED) is 0.863. The van der Waals surface area contributed by atoms with Crippen LogP contribution in [-0.2, 0) is 4.74 Å². The molecule has 0 N–H and O–H groups in total. The number of rotatable bonds is 3. The molecule has 5 heteroatoms. The van der Waals surface area contributed by atoms with Gasteiger partial charge in [-0.05, 0) is 18.2 Å². The lowest BCUT2D eigenvalue weighted by atomic mass is 10.2. The first-order valence-corrected chi connectivity index (χ1v) is 7.16. The summed E-state index contributed by atoms with van der Waals surface area (Å²) in [5.74, 6) is 0.716. The molecule has 0 unspecified atom stereocenters. The van der Waals surface area contributed by atoms with E-state index < -0.39 is 0 Å². The van der Waals surface area contributed by atoms with Gasteiger partial charge >= 0.3 is 0 Å². The molecule has 0 bridgehead atoms. The Morgan fingerprint density at radius 1 is 1.19 bits per heavy atom. The van der Waals surface area contributed by atoms with Crippen LogP contribution in [0.4, 0.5) is 11.6 Å². The number of aromatic nitrogens is 2. The molecule has 3 rings (SSSR count). The second-order valence-corrected chi connectivity index (χ2v) is 5.32. The van der Waals surface area contributed by atoms with E-state index in [-0.39, 0.29) is 6.10 Å². The van der Waals surface area contributed by atoms with Crippen molar-refractivity contribution in [1.29, 1.82) is 0 Å². The van der Waals surface area contributed by atoms with Gasteiger partial charge in [0, 0.05) is 39.1 Å².